The number of phenols is 1. The summed E-state index contributed by atoms with van der Waals surface area (Å²) >= 11 is 0. The van der Waals surface area contributed by atoms with E-state index in [1.807, 2.05) is 39.0 Å². The number of hydrogen-bond donors (Lipinski definition) is 1. The molecule has 2 nitrogen and oxygen atoms in total. The second kappa shape index (κ2) is 7.09. The highest BCUT2D eigenvalue weighted by Gasteiger charge is 1.86. The molecule has 0 aliphatic rings. The van der Waals surface area contributed by atoms with Gasteiger partial charge in [-0.2, -0.15) is 0 Å². The van der Waals surface area contributed by atoms with Crippen LogP contribution < -0.4 is 0 Å². The van der Waals surface area contributed by atoms with E-state index in [1.165, 1.54) is 0 Å². The fraction of sp³-hybridized carbons (Fsp3) is 0.333. The van der Waals surface area contributed by atoms with Crippen LogP contribution in [0, 0.1) is 6.92 Å². The first-order chi connectivity index (χ1) is 4.80. The Morgan fingerprint density at radius 1 is 1.09 bits per heavy atom. The van der Waals surface area contributed by atoms with Crippen LogP contribution in [0.15, 0.2) is 24.3 Å². The van der Waals surface area contributed by atoms with Crippen molar-refractivity contribution in [3.8, 4) is 5.75 Å². The van der Waals surface area contributed by atoms with E-state index in [1.54, 1.807) is 6.07 Å². The third kappa shape index (κ3) is 4.39. The van der Waals surface area contributed by atoms with Crippen molar-refractivity contribution in [2.24, 2.45) is 0 Å². The molecular weight excluding hydrogens is 140 g/mol. The van der Waals surface area contributed by atoms with Crippen LogP contribution >= 0.6 is 0 Å². The van der Waals surface area contributed by atoms with E-state index in [-0.39, 0.29) is 5.48 Å². The van der Waals surface area contributed by atoms with Crippen molar-refractivity contribution in [3.05, 3.63) is 29.8 Å². The van der Waals surface area contributed by atoms with Crippen molar-refractivity contribution < 1.29 is 10.6 Å². The Balaban J connectivity index is 0. The van der Waals surface area contributed by atoms with Crippen LogP contribution in [0.2, 0.25) is 0 Å². The van der Waals surface area contributed by atoms with Gasteiger partial charge in [-0.05, 0) is 18.6 Å². The summed E-state index contributed by atoms with van der Waals surface area (Å²) in [6, 6.07) is 7.25. The summed E-state index contributed by atoms with van der Waals surface area (Å²) in [4.78, 5) is 0. The second-order valence-electron chi connectivity index (χ2n) is 1.79. The summed E-state index contributed by atoms with van der Waals surface area (Å²) < 4.78 is 0. The average molecular weight is 156 g/mol. The van der Waals surface area contributed by atoms with Crippen LogP contribution in [0.25, 0.3) is 0 Å². The number of rotatable bonds is 0. The zero-order chi connectivity index (χ0) is 7.98. The zero-order valence-corrected chi connectivity index (χ0v) is 7.26. The van der Waals surface area contributed by atoms with E-state index in [2.05, 4.69) is 0 Å². The van der Waals surface area contributed by atoms with Gasteiger partial charge in [-0.25, -0.2) is 0 Å². The first kappa shape index (κ1) is 12.6. The Hall–Kier alpha value is -1.02. The van der Waals surface area contributed by atoms with Gasteiger partial charge in [-0.15, -0.1) is 0 Å². The molecule has 1 rings (SSSR count). The van der Waals surface area contributed by atoms with E-state index in [4.69, 9.17) is 5.11 Å². The summed E-state index contributed by atoms with van der Waals surface area (Å²) in [6.07, 6.45) is 0. The lowest BCUT2D eigenvalue weighted by atomic mass is 10.2. The molecule has 0 bridgehead atoms. The molecule has 0 saturated heterocycles. The molecule has 2 heteroatoms. The molecule has 0 atom stereocenters. The normalized spacial score (nSPS) is 7.18. The summed E-state index contributed by atoms with van der Waals surface area (Å²) in [6.45, 7) is 5.87. The van der Waals surface area contributed by atoms with Crippen LogP contribution in [0.3, 0.4) is 0 Å². The molecule has 11 heavy (non-hydrogen) atoms. The molecule has 0 spiro atoms. The SMILES string of the molecule is CC.Cc1ccccc1O.O. The van der Waals surface area contributed by atoms with Gasteiger partial charge in [0.1, 0.15) is 5.75 Å². The summed E-state index contributed by atoms with van der Waals surface area (Å²) in [5, 5.41) is 8.92. The van der Waals surface area contributed by atoms with E-state index in [0.717, 1.165) is 5.56 Å². The smallest absolute Gasteiger partial charge is 0.118 e. The van der Waals surface area contributed by atoms with Crippen molar-refractivity contribution in [1.82, 2.24) is 0 Å². The van der Waals surface area contributed by atoms with Crippen molar-refractivity contribution in [3.63, 3.8) is 0 Å². The number of phenolic OH excluding ortho intramolecular Hbond substituents is 1. The van der Waals surface area contributed by atoms with Gasteiger partial charge in [0.05, 0.1) is 0 Å². The predicted octanol–water partition coefficient (Wildman–Crippen LogP) is 1.90. The van der Waals surface area contributed by atoms with Crippen LogP contribution in [0.4, 0.5) is 0 Å². The zero-order valence-electron chi connectivity index (χ0n) is 7.26. The fourth-order valence-electron chi connectivity index (χ4n) is 0.563. The van der Waals surface area contributed by atoms with E-state index < -0.39 is 0 Å². The maximum atomic E-state index is 8.92. The van der Waals surface area contributed by atoms with Gasteiger partial charge in [-0.3, -0.25) is 0 Å². The summed E-state index contributed by atoms with van der Waals surface area (Å²) in [7, 11) is 0. The van der Waals surface area contributed by atoms with Crippen molar-refractivity contribution in [1.29, 1.82) is 0 Å². The van der Waals surface area contributed by atoms with Crippen LogP contribution in [0.1, 0.15) is 19.4 Å². The topological polar surface area (TPSA) is 51.7 Å². The van der Waals surface area contributed by atoms with Crippen molar-refractivity contribution in [2.75, 3.05) is 0 Å². The van der Waals surface area contributed by atoms with Gasteiger partial charge in [0, 0.05) is 0 Å². The molecule has 0 amide bonds. The van der Waals surface area contributed by atoms with Crippen molar-refractivity contribution in [2.45, 2.75) is 20.8 Å². The minimum atomic E-state index is 0. The highest BCUT2D eigenvalue weighted by Crippen LogP contribution is 2.12. The Kier molecular flexibility index (Phi) is 8.15. The largest absolute Gasteiger partial charge is 0.508 e. The second-order valence-corrected chi connectivity index (χ2v) is 1.79. The fourth-order valence-corrected chi connectivity index (χ4v) is 0.563. The number of aromatic hydroxyl groups is 1. The van der Waals surface area contributed by atoms with Gasteiger partial charge < -0.3 is 10.6 Å². The van der Waals surface area contributed by atoms with Gasteiger partial charge in [0.2, 0.25) is 0 Å². The van der Waals surface area contributed by atoms with E-state index >= 15 is 0 Å². The van der Waals surface area contributed by atoms with E-state index in [0.29, 0.717) is 5.75 Å². The molecule has 0 aliphatic heterocycles. The van der Waals surface area contributed by atoms with Crippen LogP contribution in [-0.2, 0) is 0 Å². The molecule has 0 aliphatic carbocycles. The Labute approximate surface area is 67.8 Å². The lowest BCUT2D eigenvalue weighted by molar-refractivity contribution is 0.471. The van der Waals surface area contributed by atoms with Crippen molar-refractivity contribution >= 4 is 0 Å². The van der Waals surface area contributed by atoms with Gasteiger partial charge in [0.25, 0.3) is 0 Å². The maximum absolute atomic E-state index is 8.92. The molecule has 0 radical (unpaired) electrons. The summed E-state index contributed by atoms with van der Waals surface area (Å²) in [5.41, 5.74) is 0.924. The quantitative estimate of drug-likeness (QED) is 0.612. The van der Waals surface area contributed by atoms with Crippen LogP contribution in [-0.4, -0.2) is 10.6 Å². The number of aryl methyl sites for hydroxylation is 1. The van der Waals surface area contributed by atoms with Crippen LogP contribution in [0.5, 0.6) is 5.75 Å². The lowest BCUT2D eigenvalue weighted by Crippen LogP contribution is -1.68. The molecule has 0 aromatic heterocycles. The van der Waals surface area contributed by atoms with Gasteiger partial charge in [-0.1, -0.05) is 32.0 Å². The molecule has 0 fully saturated rings. The first-order valence-corrected chi connectivity index (χ1v) is 3.55. The van der Waals surface area contributed by atoms with Gasteiger partial charge in [0.15, 0.2) is 0 Å². The minimum Gasteiger partial charge on any atom is -0.508 e. The number of benzene rings is 1. The average Bonchev–Trinajstić information content (AvgIpc) is 2.00. The minimum absolute atomic E-state index is 0. The standard InChI is InChI=1S/C7H8O.C2H6.H2O/c1-6-4-2-3-5-7(6)8;1-2;/h2-5,8H,1H3;1-2H3;1H2. The first-order valence-electron chi connectivity index (χ1n) is 3.55. The Bertz CT molecular complexity index is 164. The highest BCUT2D eigenvalue weighted by molar-refractivity contribution is 5.29. The summed E-state index contributed by atoms with van der Waals surface area (Å²) in [5.74, 6) is 0.368. The molecular formula is C9H16O2. The third-order valence-electron chi connectivity index (χ3n) is 1.12. The maximum Gasteiger partial charge on any atom is 0.118 e. The lowest BCUT2D eigenvalue weighted by Gasteiger charge is -1.92. The van der Waals surface area contributed by atoms with E-state index in [9.17, 15) is 0 Å². The molecule has 0 heterocycles. The molecule has 0 unspecified atom stereocenters. The molecule has 0 saturated carbocycles. The highest BCUT2D eigenvalue weighted by atomic mass is 16.3. The molecule has 1 aromatic rings. The third-order valence-corrected chi connectivity index (χ3v) is 1.12. The molecule has 64 valence electrons. The molecule has 1 aromatic carbocycles. The Morgan fingerprint density at radius 2 is 1.55 bits per heavy atom. The number of hydrogen-bond acceptors (Lipinski definition) is 1. The Morgan fingerprint density at radius 3 is 1.82 bits per heavy atom. The molecule has 3 N–H and O–H groups in total. The predicted molar refractivity (Wildman–Crippen MR) is 47.8 cm³/mol. The van der Waals surface area contributed by atoms with Gasteiger partial charge >= 0.3 is 0 Å². The number of para-hydroxylation sites is 1. The monoisotopic (exact) mass is 156 g/mol.